The van der Waals surface area contributed by atoms with Crippen LogP contribution >= 0.6 is 0 Å². The number of benzene rings is 2. The summed E-state index contributed by atoms with van der Waals surface area (Å²) in [5, 5.41) is 8.54. The van der Waals surface area contributed by atoms with E-state index in [0.717, 1.165) is 37.5 Å². The number of para-hydroxylation sites is 1. The highest BCUT2D eigenvalue weighted by Crippen LogP contribution is 2.22. The molecule has 27 heavy (non-hydrogen) atoms. The Labute approximate surface area is 159 Å². The van der Waals surface area contributed by atoms with Crippen molar-refractivity contribution in [3.63, 3.8) is 0 Å². The van der Waals surface area contributed by atoms with Crippen LogP contribution in [-0.2, 0) is 0 Å². The number of nitrogens with zero attached hydrogens (tertiary/aromatic N) is 3. The fourth-order valence-electron chi connectivity index (χ4n) is 3.56. The van der Waals surface area contributed by atoms with Crippen LogP contribution in [-0.4, -0.2) is 43.5 Å². The Bertz CT molecular complexity index is 855. The number of anilines is 1. The summed E-state index contributed by atoms with van der Waals surface area (Å²) in [5.74, 6) is 2.07. The Morgan fingerprint density at radius 3 is 2.37 bits per heavy atom. The molecule has 6 heteroatoms. The van der Waals surface area contributed by atoms with Crippen molar-refractivity contribution in [1.82, 2.24) is 10.2 Å². The van der Waals surface area contributed by atoms with E-state index in [1.165, 1.54) is 10.6 Å². The van der Waals surface area contributed by atoms with Crippen molar-refractivity contribution in [2.75, 3.05) is 38.2 Å². The van der Waals surface area contributed by atoms with Gasteiger partial charge in [-0.1, -0.05) is 18.2 Å². The van der Waals surface area contributed by atoms with Crippen LogP contribution in [0.25, 0.3) is 11.5 Å². The maximum Gasteiger partial charge on any atom is 0.274 e. The molecule has 1 N–H and O–H groups in total. The number of piperazine rings is 1. The van der Waals surface area contributed by atoms with Crippen molar-refractivity contribution in [2.45, 2.75) is 13.0 Å². The minimum absolute atomic E-state index is 0.183. The molecule has 2 aromatic carbocycles. The Morgan fingerprint density at radius 2 is 1.70 bits per heavy atom. The van der Waals surface area contributed by atoms with Gasteiger partial charge in [-0.15, -0.1) is 10.2 Å². The third-order valence-corrected chi connectivity index (χ3v) is 5.29. The zero-order valence-electron chi connectivity index (χ0n) is 15.8. The molecular weight excluding hydrogens is 340 g/mol. The summed E-state index contributed by atoms with van der Waals surface area (Å²) in [5.41, 5.74) is 2.20. The minimum Gasteiger partial charge on any atom is -0.497 e. The molecule has 0 aliphatic carbocycles. The molecule has 1 aliphatic rings. The quantitative estimate of drug-likeness (QED) is 0.751. The molecule has 0 unspecified atom stereocenters. The van der Waals surface area contributed by atoms with Crippen molar-refractivity contribution in [2.24, 2.45) is 0 Å². The first-order chi connectivity index (χ1) is 13.2. The Hall–Kier alpha value is -2.86. The summed E-state index contributed by atoms with van der Waals surface area (Å²) >= 11 is 0. The Morgan fingerprint density at radius 1 is 1.00 bits per heavy atom. The summed E-state index contributed by atoms with van der Waals surface area (Å²) in [4.78, 5) is 3.92. The first-order valence-corrected chi connectivity index (χ1v) is 9.37. The fourth-order valence-corrected chi connectivity index (χ4v) is 3.56. The van der Waals surface area contributed by atoms with Crippen LogP contribution in [0.2, 0.25) is 0 Å². The minimum atomic E-state index is 0.183. The van der Waals surface area contributed by atoms with Crippen LogP contribution in [0, 0.1) is 0 Å². The van der Waals surface area contributed by atoms with Crippen molar-refractivity contribution < 1.29 is 14.1 Å². The molecule has 1 fully saturated rings. The molecule has 6 nitrogen and oxygen atoms in total. The van der Waals surface area contributed by atoms with Crippen molar-refractivity contribution in [3.8, 4) is 17.2 Å². The summed E-state index contributed by atoms with van der Waals surface area (Å²) in [6.07, 6.45) is 0. The third-order valence-electron chi connectivity index (χ3n) is 5.29. The van der Waals surface area contributed by atoms with Gasteiger partial charge in [-0.3, -0.25) is 0 Å². The second kappa shape index (κ2) is 7.80. The lowest BCUT2D eigenvalue weighted by Gasteiger charge is -2.35. The van der Waals surface area contributed by atoms with Crippen LogP contribution in [0.15, 0.2) is 59.0 Å². The van der Waals surface area contributed by atoms with Crippen molar-refractivity contribution >= 4 is 5.69 Å². The standard InChI is InChI=1S/C21H24N4O2/c1-16(24-12-14-25(15-13-24)18-6-4-3-5-7-18)20-22-23-21(27-20)17-8-10-19(26-2)11-9-17/h3-11,16H,12-15H2,1-2H3/p+1/t16-/m1/s1. The molecule has 0 saturated carbocycles. The topological polar surface area (TPSA) is 55.8 Å². The second-order valence-electron chi connectivity index (χ2n) is 6.88. The summed E-state index contributed by atoms with van der Waals surface area (Å²) < 4.78 is 11.2. The predicted octanol–water partition coefficient (Wildman–Crippen LogP) is 2.21. The molecule has 140 valence electrons. The molecular formula is C21H25N4O2+. The van der Waals surface area contributed by atoms with Gasteiger partial charge in [0.2, 0.25) is 5.89 Å². The molecule has 0 bridgehead atoms. The number of quaternary nitrogens is 1. The van der Waals surface area contributed by atoms with Gasteiger partial charge in [-0.2, -0.15) is 0 Å². The SMILES string of the molecule is COc1ccc(-c2nnc([C@@H](C)[NH+]3CCN(c4ccccc4)CC3)o2)cc1. The number of hydrogen-bond donors (Lipinski definition) is 1. The van der Waals surface area contributed by atoms with E-state index in [-0.39, 0.29) is 6.04 Å². The van der Waals surface area contributed by atoms with Gasteiger partial charge >= 0.3 is 0 Å². The maximum atomic E-state index is 5.97. The van der Waals surface area contributed by atoms with Crippen molar-refractivity contribution in [1.29, 1.82) is 0 Å². The van der Waals surface area contributed by atoms with E-state index in [1.807, 2.05) is 24.3 Å². The zero-order chi connectivity index (χ0) is 18.6. The third kappa shape index (κ3) is 3.80. The average Bonchev–Trinajstić information content (AvgIpc) is 3.24. The Kier molecular flexibility index (Phi) is 5.07. The van der Waals surface area contributed by atoms with Crippen LogP contribution in [0.4, 0.5) is 5.69 Å². The second-order valence-corrected chi connectivity index (χ2v) is 6.88. The first kappa shape index (κ1) is 17.5. The molecule has 1 aliphatic heterocycles. The number of ether oxygens (including phenoxy) is 1. The Balaban J connectivity index is 1.40. The summed E-state index contributed by atoms with van der Waals surface area (Å²) in [6.45, 7) is 6.33. The number of aromatic nitrogens is 2. The lowest BCUT2D eigenvalue weighted by Crippen LogP contribution is -3.14. The van der Waals surface area contributed by atoms with E-state index in [0.29, 0.717) is 11.8 Å². The number of methoxy groups -OCH3 is 1. The molecule has 0 radical (unpaired) electrons. The van der Waals surface area contributed by atoms with Gasteiger partial charge < -0.3 is 19.0 Å². The lowest BCUT2D eigenvalue weighted by molar-refractivity contribution is -0.931. The van der Waals surface area contributed by atoms with Crippen LogP contribution in [0.5, 0.6) is 5.75 Å². The number of hydrogen-bond acceptors (Lipinski definition) is 5. The maximum absolute atomic E-state index is 5.97. The fraction of sp³-hybridized carbons (Fsp3) is 0.333. The van der Waals surface area contributed by atoms with E-state index < -0.39 is 0 Å². The molecule has 3 aromatic rings. The van der Waals surface area contributed by atoms with Crippen LogP contribution in [0.3, 0.4) is 0 Å². The van der Waals surface area contributed by atoms with E-state index in [4.69, 9.17) is 9.15 Å². The summed E-state index contributed by atoms with van der Waals surface area (Å²) in [7, 11) is 1.65. The first-order valence-electron chi connectivity index (χ1n) is 9.37. The normalized spacial score (nSPS) is 16.3. The largest absolute Gasteiger partial charge is 0.497 e. The lowest BCUT2D eigenvalue weighted by atomic mass is 10.2. The molecule has 1 atom stereocenters. The molecule has 0 amide bonds. The van der Waals surface area contributed by atoms with E-state index in [2.05, 4.69) is 52.4 Å². The van der Waals surface area contributed by atoms with Gasteiger partial charge in [0.1, 0.15) is 5.75 Å². The van der Waals surface area contributed by atoms with Crippen LogP contribution in [0.1, 0.15) is 18.9 Å². The number of rotatable bonds is 5. The zero-order valence-corrected chi connectivity index (χ0v) is 15.8. The number of nitrogens with one attached hydrogen (secondary N) is 1. The van der Waals surface area contributed by atoms with E-state index in [1.54, 1.807) is 7.11 Å². The van der Waals surface area contributed by atoms with Crippen molar-refractivity contribution in [3.05, 3.63) is 60.5 Å². The average molecular weight is 365 g/mol. The highest BCUT2D eigenvalue weighted by Gasteiger charge is 2.29. The monoisotopic (exact) mass is 365 g/mol. The van der Waals surface area contributed by atoms with Crippen LogP contribution < -0.4 is 14.5 Å². The van der Waals surface area contributed by atoms with Gasteiger partial charge in [0, 0.05) is 11.3 Å². The van der Waals surface area contributed by atoms with Gasteiger partial charge in [0.05, 0.1) is 33.3 Å². The summed E-state index contributed by atoms with van der Waals surface area (Å²) in [6, 6.07) is 18.4. The predicted molar refractivity (Wildman–Crippen MR) is 104 cm³/mol. The van der Waals surface area contributed by atoms with Gasteiger partial charge in [-0.25, -0.2) is 0 Å². The molecule has 1 saturated heterocycles. The molecule has 0 spiro atoms. The van der Waals surface area contributed by atoms with Gasteiger partial charge in [0.25, 0.3) is 5.89 Å². The van der Waals surface area contributed by atoms with E-state index in [9.17, 15) is 0 Å². The smallest absolute Gasteiger partial charge is 0.274 e. The highest BCUT2D eigenvalue weighted by atomic mass is 16.5. The molecule has 1 aromatic heterocycles. The molecule has 4 rings (SSSR count). The van der Waals surface area contributed by atoms with Gasteiger partial charge in [0.15, 0.2) is 6.04 Å². The molecule has 2 heterocycles. The van der Waals surface area contributed by atoms with Gasteiger partial charge in [-0.05, 0) is 43.3 Å². The highest BCUT2D eigenvalue weighted by molar-refractivity contribution is 5.54. The van der Waals surface area contributed by atoms with E-state index >= 15 is 0 Å².